The van der Waals surface area contributed by atoms with Crippen molar-refractivity contribution in [2.45, 2.75) is 64.5 Å². The van der Waals surface area contributed by atoms with Crippen molar-refractivity contribution >= 4 is 0 Å². The van der Waals surface area contributed by atoms with Crippen molar-refractivity contribution in [2.75, 3.05) is 13.6 Å². The van der Waals surface area contributed by atoms with E-state index >= 15 is 0 Å². The lowest BCUT2D eigenvalue weighted by Gasteiger charge is -2.41. The summed E-state index contributed by atoms with van der Waals surface area (Å²) in [6.45, 7) is 6.17. The molecule has 0 saturated heterocycles. The lowest BCUT2D eigenvalue weighted by molar-refractivity contribution is 0.0997. The first-order valence-corrected chi connectivity index (χ1v) is 8.05. The van der Waals surface area contributed by atoms with Crippen LogP contribution in [0.2, 0.25) is 0 Å². The SMILES string of the molecule is Cc1ccc(CN(C)C2(CN)CCCCCC2)cc1C. The van der Waals surface area contributed by atoms with Crippen LogP contribution >= 0.6 is 0 Å². The van der Waals surface area contributed by atoms with Crippen LogP contribution < -0.4 is 5.73 Å². The topological polar surface area (TPSA) is 29.3 Å². The average Bonchev–Trinajstić information content (AvgIpc) is 2.69. The molecule has 1 aliphatic carbocycles. The monoisotopic (exact) mass is 274 g/mol. The second-order valence-corrected chi connectivity index (χ2v) is 6.62. The maximum atomic E-state index is 6.17. The van der Waals surface area contributed by atoms with Crippen LogP contribution in [0.4, 0.5) is 0 Å². The summed E-state index contributed by atoms with van der Waals surface area (Å²) in [5.74, 6) is 0. The zero-order valence-electron chi connectivity index (χ0n) is 13.4. The number of hydrogen-bond donors (Lipinski definition) is 1. The molecule has 1 aromatic rings. The van der Waals surface area contributed by atoms with Crippen molar-refractivity contribution in [1.82, 2.24) is 4.90 Å². The molecule has 2 heteroatoms. The molecule has 1 aliphatic rings. The number of nitrogens with zero attached hydrogens (tertiary/aromatic N) is 1. The molecule has 0 aliphatic heterocycles. The molecular weight excluding hydrogens is 244 g/mol. The standard InChI is InChI=1S/C18H30N2/c1-15-8-9-17(12-16(15)2)13-20(3)18(14-19)10-6-4-5-7-11-18/h8-9,12H,4-7,10-11,13-14,19H2,1-3H3. The van der Waals surface area contributed by atoms with Gasteiger partial charge in [0.05, 0.1) is 0 Å². The van der Waals surface area contributed by atoms with E-state index in [2.05, 4.69) is 44.0 Å². The van der Waals surface area contributed by atoms with Crippen LogP contribution in [-0.2, 0) is 6.54 Å². The molecule has 2 nitrogen and oxygen atoms in total. The largest absolute Gasteiger partial charge is 0.329 e. The second kappa shape index (κ2) is 6.73. The molecule has 0 amide bonds. The summed E-state index contributed by atoms with van der Waals surface area (Å²) in [5, 5.41) is 0. The minimum absolute atomic E-state index is 0.218. The van der Waals surface area contributed by atoms with Gasteiger partial charge in [0.25, 0.3) is 0 Å². The number of benzene rings is 1. The fourth-order valence-corrected chi connectivity index (χ4v) is 3.47. The van der Waals surface area contributed by atoms with Crippen LogP contribution in [-0.4, -0.2) is 24.0 Å². The Bertz CT molecular complexity index is 431. The highest BCUT2D eigenvalue weighted by molar-refractivity contribution is 5.30. The van der Waals surface area contributed by atoms with Gasteiger partial charge in [0, 0.05) is 18.6 Å². The predicted octanol–water partition coefficient (Wildman–Crippen LogP) is 3.79. The van der Waals surface area contributed by atoms with E-state index in [9.17, 15) is 0 Å². The molecule has 20 heavy (non-hydrogen) atoms. The van der Waals surface area contributed by atoms with Gasteiger partial charge in [0.1, 0.15) is 0 Å². The third-order valence-corrected chi connectivity index (χ3v) is 5.22. The van der Waals surface area contributed by atoms with Gasteiger partial charge < -0.3 is 5.73 Å². The van der Waals surface area contributed by atoms with E-state index in [0.29, 0.717) is 0 Å². The minimum Gasteiger partial charge on any atom is -0.329 e. The van der Waals surface area contributed by atoms with Gasteiger partial charge in [-0.25, -0.2) is 0 Å². The van der Waals surface area contributed by atoms with Gasteiger partial charge in [-0.2, -0.15) is 0 Å². The molecule has 1 fully saturated rings. The first kappa shape index (κ1) is 15.5. The molecular formula is C18H30N2. The van der Waals surface area contributed by atoms with Gasteiger partial charge in [-0.05, 0) is 50.4 Å². The van der Waals surface area contributed by atoms with Crippen molar-refractivity contribution in [1.29, 1.82) is 0 Å². The third-order valence-electron chi connectivity index (χ3n) is 5.22. The Morgan fingerprint density at radius 1 is 1.05 bits per heavy atom. The van der Waals surface area contributed by atoms with Crippen molar-refractivity contribution in [3.8, 4) is 0 Å². The summed E-state index contributed by atoms with van der Waals surface area (Å²) in [6.07, 6.45) is 7.91. The van der Waals surface area contributed by atoms with Gasteiger partial charge in [-0.1, -0.05) is 43.9 Å². The lowest BCUT2D eigenvalue weighted by Crippen LogP contribution is -2.51. The highest BCUT2D eigenvalue weighted by Crippen LogP contribution is 2.32. The maximum Gasteiger partial charge on any atom is 0.0332 e. The number of nitrogens with two attached hydrogens (primary N) is 1. The molecule has 0 unspecified atom stereocenters. The van der Waals surface area contributed by atoms with E-state index in [4.69, 9.17) is 5.73 Å². The molecule has 0 aromatic heterocycles. The molecule has 112 valence electrons. The van der Waals surface area contributed by atoms with E-state index in [1.807, 2.05) is 0 Å². The highest BCUT2D eigenvalue weighted by atomic mass is 15.2. The Balaban J connectivity index is 2.11. The fraction of sp³-hybridized carbons (Fsp3) is 0.667. The minimum atomic E-state index is 0.218. The molecule has 0 heterocycles. The Hall–Kier alpha value is -0.860. The normalized spacial score (nSPS) is 19.1. The van der Waals surface area contributed by atoms with Crippen LogP contribution in [0, 0.1) is 13.8 Å². The molecule has 0 atom stereocenters. The van der Waals surface area contributed by atoms with Crippen LogP contribution in [0.1, 0.15) is 55.2 Å². The van der Waals surface area contributed by atoms with Crippen molar-refractivity contribution in [3.05, 3.63) is 34.9 Å². The Morgan fingerprint density at radius 3 is 2.25 bits per heavy atom. The number of hydrogen-bond acceptors (Lipinski definition) is 2. The predicted molar refractivity (Wildman–Crippen MR) is 86.9 cm³/mol. The van der Waals surface area contributed by atoms with Gasteiger partial charge >= 0.3 is 0 Å². The molecule has 0 spiro atoms. The van der Waals surface area contributed by atoms with Crippen LogP contribution in [0.15, 0.2) is 18.2 Å². The van der Waals surface area contributed by atoms with E-state index in [1.54, 1.807) is 0 Å². The molecule has 2 rings (SSSR count). The van der Waals surface area contributed by atoms with Gasteiger partial charge in [-0.3, -0.25) is 4.90 Å². The molecule has 0 radical (unpaired) electrons. The lowest BCUT2D eigenvalue weighted by atomic mass is 9.88. The van der Waals surface area contributed by atoms with Crippen LogP contribution in [0.5, 0.6) is 0 Å². The second-order valence-electron chi connectivity index (χ2n) is 6.62. The number of aryl methyl sites for hydroxylation is 2. The Labute approximate surface area is 124 Å². The summed E-state index contributed by atoms with van der Waals surface area (Å²) >= 11 is 0. The van der Waals surface area contributed by atoms with Gasteiger partial charge in [0.2, 0.25) is 0 Å². The number of rotatable bonds is 4. The van der Waals surface area contributed by atoms with Crippen molar-refractivity contribution < 1.29 is 0 Å². The van der Waals surface area contributed by atoms with Crippen molar-refractivity contribution in [3.63, 3.8) is 0 Å². The summed E-state index contributed by atoms with van der Waals surface area (Å²) in [4.78, 5) is 2.52. The molecule has 0 bridgehead atoms. The zero-order valence-corrected chi connectivity index (χ0v) is 13.4. The van der Waals surface area contributed by atoms with Gasteiger partial charge in [0.15, 0.2) is 0 Å². The van der Waals surface area contributed by atoms with E-state index < -0.39 is 0 Å². The first-order chi connectivity index (χ1) is 9.57. The van der Waals surface area contributed by atoms with Crippen molar-refractivity contribution in [2.24, 2.45) is 5.73 Å². The maximum absolute atomic E-state index is 6.17. The molecule has 2 N–H and O–H groups in total. The molecule has 1 aromatic carbocycles. The zero-order chi connectivity index (χ0) is 14.6. The van der Waals surface area contributed by atoms with E-state index in [1.165, 1.54) is 55.2 Å². The first-order valence-electron chi connectivity index (χ1n) is 8.05. The fourth-order valence-electron chi connectivity index (χ4n) is 3.47. The third kappa shape index (κ3) is 3.42. The Morgan fingerprint density at radius 2 is 1.70 bits per heavy atom. The van der Waals surface area contributed by atoms with Gasteiger partial charge in [-0.15, -0.1) is 0 Å². The summed E-state index contributed by atoms with van der Waals surface area (Å²) in [6, 6.07) is 6.83. The average molecular weight is 274 g/mol. The summed E-state index contributed by atoms with van der Waals surface area (Å²) in [7, 11) is 2.26. The summed E-state index contributed by atoms with van der Waals surface area (Å²) < 4.78 is 0. The summed E-state index contributed by atoms with van der Waals surface area (Å²) in [5.41, 5.74) is 10.6. The van der Waals surface area contributed by atoms with E-state index in [-0.39, 0.29) is 5.54 Å². The number of likely N-dealkylation sites (N-methyl/N-ethyl adjacent to an activating group) is 1. The Kier molecular flexibility index (Phi) is 5.22. The van der Waals surface area contributed by atoms with E-state index in [0.717, 1.165) is 13.1 Å². The highest BCUT2D eigenvalue weighted by Gasteiger charge is 2.33. The molecule has 1 saturated carbocycles. The smallest absolute Gasteiger partial charge is 0.0332 e. The quantitative estimate of drug-likeness (QED) is 0.847. The van der Waals surface area contributed by atoms with Crippen LogP contribution in [0.3, 0.4) is 0 Å². The van der Waals surface area contributed by atoms with Crippen LogP contribution in [0.25, 0.3) is 0 Å².